The maximum Gasteiger partial charge on any atom is 0.112 e. The highest BCUT2D eigenvalue weighted by Gasteiger charge is 2.12. The summed E-state index contributed by atoms with van der Waals surface area (Å²) in [5.74, 6) is 1.71. The first-order chi connectivity index (χ1) is 8.24. The van der Waals surface area contributed by atoms with Crippen molar-refractivity contribution in [3.8, 4) is 0 Å². The molecule has 2 nitrogen and oxygen atoms in total. The summed E-state index contributed by atoms with van der Waals surface area (Å²) >= 11 is 0. The number of rotatable bonds is 5. The predicted octanol–water partition coefficient (Wildman–Crippen LogP) is 4.77. The molecule has 0 aliphatic rings. The highest BCUT2D eigenvalue weighted by molar-refractivity contribution is 5.85. The molecular formula is C15H23ClN2. The van der Waals surface area contributed by atoms with Crippen LogP contribution in [-0.2, 0) is 6.54 Å². The zero-order chi connectivity index (χ0) is 12.3. The third-order valence-electron chi connectivity index (χ3n) is 3.19. The molecule has 3 heteroatoms. The lowest BCUT2D eigenvalue weighted by atomic mass is 10.2. The normalized spacial score (nSPS) is 10.9. The Morgan fingerprint density at radius 1 is 1.17 bits per heavy atom. The molecule has 0 saturated carbocycles. The van der Waals surface area contributed by atoms with Gasteiger partial charge in [-0.2, -0.15) is 0 Å². The number of unbranched alkanes of at least 4 members (excludes halogenated alkanes) is 2. The van der Waals surface area contributed by atoms with Crippen molar-refractivity contribution in [2.24, 2.45) is 0 Å². The van der Waals surface area contributed by atoms with Gasteiger partial charge in [0, 0.05) is 12.5 Å². The maximum absolute atomic E-state index is 4.75. The quantitative estimate of drug-likeness (QED) is 0.713. The van der Waals surface area contributed by atoms with E-state index in [0.717, 1.165) is 12.1 Å². The molecule has 0 fully saturated rings. The van der Waals surface area contributed by atoms with E-state index in [1.807, 2.05) is 0 Å². The van der Waals surface area contributed by atoms with E-state index in [2.05, 4.69) is 49.6 Å². The van der Waals surface area contributed by atoms with Crippen LogP contribution in [-0.4, -0.2) is 9.55 Å². The number of aryl methyl sites for hydroxylation is 1. The van der Waals surface area contributed by atoms with Gasteiger partial charge in [0.25, 0.3) is 0 Å². The van der Waals surface area contributed by atoms with Gasteiger partial charge in [-0.3, -0.25) is 0 Å². The fourth-order valence-corrected chi connectivity index (χ4v) is 2.29. The Hall–Kier alpha value is -1.02. The zero-order valence-electron chi connectivity index (χ0n) is 11.5. The molecule has 1 heterocycles. The van der Waals surface area contributed by atoms with E-state index in [9.17, 15) is 0 Å². The van der Waals surface area contributed by atoms with Crippen molar-refractivity contribution in [2.75, 3.05) is 0 Å². The van der Waals surface area contributed by atoms with E-state index in [-0.39, 0.29) is 12.4 Å². The highest BCUT2D eigenvalue weighted by Crippen LogP contribution is 2.22. The molecule has 100 valence electrons. The lowest BCUT2D eigenvalue weighted by Crippen LogP contribution is -2.05. The molecule has 0 aliphatic carbocycles. The molecule has 0 saturated heterocycles. The number of hydrogen-bond donors (Lipinski definition) is 0. The van der Waals surface area contributed by atoms with Crippen molar-refractivity contribution in [3.63, 3.8) is 0 Å². The monoisotopic (exact) mass is 266 g/mol. The number of para-hydroxylation sites is 2. The summed E-state index contributed by atoms with van der Waals surface area (Å²) in [7, 11) is 0. The minimum Gasteiger partial charge on any atom is -0.328 e. The first kappa shape index (κ1) is 15.0. The number of hydrogen-bond acceptors (Lipinski definition) is 1. The minimum absolute atomic E-state index is 0. The van der Waals surface area contributed by atoms with Gasteiger partial charge >= 0.3 is 0 Å². The van der Waals surface area contributed by atoms with Crippen LogP contribution in [0, 0.1) is 0 Å². The Morgan fingerprint density at radius 2 is 1.89 bits per heavy atom. The first-order valence-electron chi connectivity index (χ1n) is 6.69. The van der Waals surface area contributed by atoms with E-state index < -0.39 is 0 Å². The lowest BCUT2D eigenvalue weighted by Gasteiger charge is -2.10. The van der Waals surface area contributed by atoms with Crippen LogP contribution < -0.4 is 0 Å². The van der Waals surface area contributed by atoms with Gasteiger partial charge in [0.1, 0.15) is 5.82 Å². The standard InChI is InChI=1S/C15H22N2.ClH/c1-4-5-8-11-17-14-10-7-6-9-13(14)16-15(17)12(2)3;/h6-7,9-10,12H,4-5,8,11H2,1-3H3;1H. The largest absolute Gasteiger partial charge is 0.328 e. The van der Waals surface area contributed by atoms with Crippen LogP contribution in [0.1, 0.15) is 51.8 Å². The van der Waals surface area contributed by atoms with Gasteiger partial charge in [-0.15, -0.1) is 12.4 Å². The molecule has 0 bridgehead atoms. The summed E-state index contributed by atoms with van der Waals surface area (Å²) in [6.45, 7) is 7.78. The first-order valence-corrected chi connectivity index (χ1v) is 6.69. The van der Waals surface area contributed by atoms with Gasteiger partial charge in [-0.1, -0.05) is 45.7 Å². The number of aromatic nitrogens is 2. The molecule has 0 amide bonds. The molecule has 2 aromatic rings. The molecule has 0 aliphatic heterocycles. The van der Waals surface area contributed by atoms with Crippen molar-refractivity contribution in [3.05, 3.63) is 30.1 Å². The Morgan fingerprint density at radius 3 is 2.56 bits per heavy atom. The van der Waals surface area contributed by atoms with Crippen molar-refractivity contribution in [1.82, 2.24) is 9.55 Å². The van der Waals surface area contributed by atoms with Crippen molar-refractivity contribution in [2.45, 2.75) is 52.5 Å². The fourth-order valence-electron chi connectivity index (χ4n) is 2.29. The van der Waals surface area contributed by atoms with Gasteiger partial charge in [-0.05, 0) is 18.6 Å². The molecule has 0 unspecified atom stereocenters. The summed E-state index contributed by atoms with van der Waals surface area (Å²) in [6, 6.07) is 8.46. The van der Waals surface area contributed by atoms with Crippen molar-refractivity contribution in [1.29, 1.82) is 0 Å². The van der Waals surface area contributed by atoms with Gasteiger partial charge in [0.05, 0.1) is 11.0 Å². The second-order valence-corrected chi connectivity index (χ2v) is 4.97. The number of imidazole rings is 1. The van der Waals surface area contributed by atoms with E-state index >= 15 is 0 Å². The van der Waals surface area contributed by atoms with Gasteiger partial charge < -0.3 is 4.57 Å². The number of nitrogens with zero attached hydrogens (tertiary/aromatic N) is 2. The molecule has 18 heavy (non-hydrogen) atoms. The summed E-state index contributed by atoms with van der Waals surface area (Å²) in [4.78, 5) is 4.75. The number of halogens is 1. The van der Waals surface area contributed by atoms with Crippen LogP contribution in [0.15, 0.2) is 24.3 Å². The van der Waals surface area contributed by atoms with Crippen molar-refractivity contribution < 1.29 is 0 Å². The summed E-state index contributed by atoms with van der Waals surface area (Å²) in [5, 5.41) is 0. The van der Waals surface area contributed by atoms with Gasteiger partial charge in [0.2, 0.25) is 0 Å². The van der Waals surface area contributed by atoms with Crippen LogP contribution in [0.5, 0.6) is 0 Å². The predicted molar refractivity (Wildman–Crippen MR) is 80.6 cm³/mol. The van der Waals surface area contributed by atoms with Gasteiger partial charge in [-0.25, -0.2) is 4.98 Å². The van der Waals surface area contributed by atoms with Crippen LogP contribution in [0.4, 0.5) is 0 Å². The van der Waals surface area contributed by atoms with Crippen LogP contribution in [0.2, 0.25) is 0 Å². The Balaban J connectivity index is 0.00000162. The molecule has 0 radical (unpaired) electrons. The number of fused-ring (bicyclic) bond motifs is 1. The molecule has 1 aromatic heterocycles. The molecule has 2 rings (SSSR count). The van der Waals surface area contributed by atoms with E-state index in [1.54, 1.807) is 0 Å². The Bertz CT molecular complexity index is 488. The second-order valence-electron chi connectivity index (χ2n) is 4.97. The lowest BCUT2D eigenvalue weighted by molar-refractivity contribution is 0.576. The maximum atomic E-state index is 4.75. The zero-order valence-corrected chi connectivity index (χ0v) is 12.3. The fraction of sp³-hybridized carbons (Fsp3) is 0.533. The van der Waals surface area contributed by atoms with Crippen LogP contribution in [0.25, 0.3) is 11.0 Å². The summed E-state index contributed by atoms with van der Waals surface area (Å²) < 4.78 is 2.40. The van der Waals surface area contributed by atoms with Crippen LogP contribution in [0.3, 0.4) is 0 Å². The van der Waals surface area contributed by atoms with Gasteiger partial charge in [0.15, 0.2) is 0 Å². The molecular weight excluding hydrogens is 244 g/mol. The van der Waals surface area contributed by atoms with Crippen molar-refractivity contribution >= 4 is 23.4 Å². The topological polar surface area (TPSA) is 17.8 Å². The Labute approximate surface area is 116 Å². The highest BCUT2D eigenvalue weighted by atomic mass is 35.5. The summed E-state index contributed by atoms with van der Waals surface area (Å²) in [5.41, 5.74) is 2.42. The van der Waals surface area contributed by atoms with Crippen LogP contribution >= 0.6 is 12.4 Å². The third-order valence-corrected chi connectivity index (χ3v) is 3.19. The molecule has 1 aromatic carbocycles. The average molecular weight is 267 g/mol. The molecule has 0 atom stereocenters. The Kier molecular flexibility index (Phi) is 5.67. The smallest absolute Gasteiger partial charge is 0.112 e. The minimum atomic E-state index is 0. The van der Waals surface area contributed by atoms with E-state index in [0.29, 0.717) is 5.92 Å². The van der Waals surface area contributed by atoms with E-state index in [1.165, 1.54) is 30.6 Å². The molecule has 0 spiro atoms. The third kappa shape index (κ3) is 3.05. The van der Waals surface area contributed by atoms with E-state index in [4.69, 9.17) is 4.98 Å². The molecule has 0 N–H and O–H groups in total. The number of benzene rings is 1. The SMILES string of the molecule is CCCCCn1c(C(C)C)nc2ccccc21.Cl. The second kappa shape index (κ2) is 6.79. The average Bonchev–Trinajstić information content (AvgIpc) is 2.69. The summed E-state index contributed by atoms with van der Waals surface area (Å²) in [6.07, 6.45) is 3.81.